The third-order valence-corrected chi connectivity index (χ3v) is 1.57. The van der Waals surface area contributed by atoms with E-state index in [0.717, 1.165) is 0 Å². The summed E-state index contributed by atoms with van der Waals surface area (Å²) >= 11 is 0. The van der Waals surface area contributed by atoms with E-state index in [0.29, 0.717) is 0 Å². The standard InChI is InChI=1S/C8H15N/c1-3-6-9(2)7-8-4-5-8/h4H,3,5-7H2,1-2H3. The van der Waals surface area contributed by atoms with Crippen molar-refractivity contribution in [3.05, 3.63) is 11.6 Å². The molecular weight excluding hydrogens is 110 g/mol. The van der Waals surface area contributed by atoms with Crippen molar-refractivity contribution in [3.8, 4) is 0 Å². The molecule has 0 heterocycles. The van der Waals surface area contributed by atoms with Crippen LogP contribution in [0, 0.1) is 0 Å². The maximum Gasteiger partial charge on any atom is 0.0193 e. The first kappa shape index (κ1) is 6.81. The Morgan fingerprint density at radius 1 is 1.67 bits per heavy atom. The van der Waals surface area contributed by atoms with Gasteiger partial charge in [-0.05, 0) is 26.4 Å². The minimum atomic E-state index is 1.20. The van der Waals surface area contributed by atoms with Gasteiger partial charge in [0.1, 0.15) is 0 Å². The normalized spacial score (nSPS) is 16.1. The molecule has 0 aromatic carbocycles. The molecule has 0 aromatic rings. The Hall–Kier alpha value is -0.300. The highest BCUT2D eigenvalue weighted by Crippen LogP contribution is 2.18. The average molecular weight is 125 g/mol. The SMILES string of the molecule is CCCN(C)CC1=CC1. The molecule has 0 spiro atoms. The van der Waals surface area contributed by atoms with Crippen LogP contribution in [0.5, 0.6) is 0 Å². The van der Waals surface area contributed by atoms with Gasteiger partial charge in [-0.2, -0.15) is 0 Å². The van der Waals surface area contributed by atoms with E-state index in [2.05, 4.69) is 24.9 Å². The van der Waals surface area contributed by atoms with Crippen LogP contribution in [-0.2, 0) is 0 Å². The lowest BCUT2D eigenvalue weighted by Crippen LogP contribution is -2.19. The Labute approximate surface area is 57.4 Å². The predicted molar refractivity (Wildman–Crippen MR) is 40.5 cm³/mol. The topological polar surface area (TPSA) is 3.24 Å². The molecule has 0 radical (unpaired) electrons. The molecule has 1 aliphatic rings. The van der Waals surface area contributed by atoms with E-state index >= 15 is 0 Å². The van der Waals surface area contributed by atoms with Gasteiger partial charge in [0.2, 0.25) is 0 Å². The van der Waals surface area contributed by atoms with Crippen molar-refractivity contribution in [2.24, 2.45) is 0 Å². The van der Waals surface area contributed by atoms with E-state index in [1.54, 1.807) is 5.57 Å². The van der Waals surface area contributed by atoms with Gasteiger partial charge in [-0.3, -0.25) is 0 Å². The van der Waals surface area contributed by atoms with Crippen molar-refractivity contribution in [1.29, 1.82) is 0 Å². The highest BCUT2D eigenvalue weighted by atomic mass is 15.1. The van der Waals surface area contributed by atoms with E-state index < -0.39 is 0 Å². The predicted octanol–water partition coefficient (Wildman–Crippen LogP) is 1.66. The largest absolute Gasteiger partial charge is 0.302 e. The molecular formula is C8H15N. The number of allylic oxidation sites excluding steroid dienone is 1. The monoisotopic (exact) mass is 125 g/mol. The van der Waals surface area contributed by atoms with Gasteiger partial charge >= 0.3 is 0 Å². The van der Waals surface area contributed by atoms with E-state index in [1.165, 1.54) is 25.9 Å². The van der Waals surface area contributed by atoms with Crippen molar-refractivity contribution in [1.82, 2.24) is 4.90 Å². The van der Waals surface area contributed by atoms with Crippen LogP contribution < -0.4 is 0 Å². The smallest absolute Gasteiger partial charge is 0.0193 e. The van der Waals surface area contributed by atoms with Crippen LogP contribution in [0.1, 0.15) is 19.8 Å². The highest BCUT2D eigenvalue weighted by molar-refractivity contribution is 5.23. The second kappa shape index (κ2) is 3.02. The summed E-state index contributed by atoms with van der Waals surface area (Å²) in [7, 11) is 2.18. The fraction of sp³-hybridized carbons (Fsp3) is 0.750. The van der Waals surface area contributed by atoms with Crippen LogP contribution in [0.4, 0.5) is 0 Å². The Kier molecular flexibility index (Phi) is 2.29. The summed E-state index contributed by atoms with van der Waals surface area (Å²) in [6, 6.07) is 0. The van der Waals surface area contributed by atoms with Crippen molar-refractivity contribution < 1.29 is 0 Å². The zero-order valence-electron chi connectivity index (χ0n) is 6.35. The summed E-state index contributed by atoms with van der Waals surface area (Å²) < 4.78 is 0. The summed E-state index contributed by atoms with van der Waals surface area (Å²) in [4.78, 5) is 2.37. The van der Waals surface area contributed by atoms with Crippen LogP contribution in [0.2, 0.25) is 0 Å². The van der Waals surface area contributed by atoms with E-state index in [1.807, 2.05) is 0 Å². The lowest BCUT2D eigenvalue weighted by molar-refractivity contribution is 0.366. The molecule has 0 fully saturated rings. The first-order chi connectivity index (χ1) is 4.33. The van der Waals surface area contributed by atoms with Gasteiger partial charge in [0.05, 0.1) is 0 Å². The molecule has 52 valence electrons. The van der Waals surface area contributed by atoms with Crippen molar-refractivity contribution in [3.63, 3.8) is 0 Å². The van der Waals surface area contributed by atoms with Crippen LogP contribution in [-0.4, -0.2) is 25.0 Å². The van der Waals surface area contributed by atoms with Gasteiger partial charge in [0, 0.05) is 6.54 Å². The third kappa shape index (κ3) is 2.66. The van der Waals surface area contributed by atoms with Gasteiger partial charge in [-0.15, -0.1) is 0 Å². The zero-order chi connectivity index (χ0) is 6.69. The second-order valence-corrected chi connectivity index (χ2v) is 2.80. The summed E-state index contributed by atoms with van der Waals surface area (Å²) in [5.41, 5.74) is 1.62. The van der Waals surface area contributed by atoms with Gasteiger partial charge in [0.25, 0.3) is 0 Å². The highest BCUT2D eigenvalue weighted by Gasteiger charge is 2.08. The number of nitrogens with zero attached hydrogens (tertiary/aromatic N) is 1. The molecule has 0 bridgehead atoms. The Bertz CT molecular complexity index is 116. The molecule has 0 aromatic heterocycles. The number of hydrogen-bond donors (Lipinski definition) is 0. The quantitative estimate of drug-likeness (QED) is 0.516. The second-order valence-electron chi connectivity index (χ2n) is 2.80. The lowest BCUT2D eigenvalue weighted by Gasteiger charge is -2.12. The summed E-state index contributed by atoms with van der Waals surface area (Å²) in [6.45, 7) is 4.66. The molecule has 1 nitrogen and oxygen atoms in total. The van der Waals surface area contributed by atoms with Gasteiger partial charge in [-0.1, -0.05) is 18.6 Å². The van der Waals surface area contributed by atoms with Crippen LogP contribution in [0.25, 0.3) is 0 Å². The zero-order valence-corrected chi connectivity index (χ0v) is 6.35. The molecule has 0 N–H and O–H groups in total. The fourth-order valence-electron chi connectivity index (χ4n) is 1.01. The molecule has 0 atom stereocenters. The molecule has 9 heavy (non-hydrogen) atoms. The first-order valence-corrected chi connectivity index (χ1v) is 3.69. The van der Waals surface area contributed by atoms with E-state index in [4.69, 9.17) is 0 Å². The average Bonchev–Trinajstić information content (AvgIpc) is 2.50. The van der Waals surface area contributed by atoms with E-state index in [9.17, 15) is 0 Å². The molecule has 0 amide bonds. The van der Waals surface area contributed by atoms with Gasteiger partial charge in [-0.25, -0.2) is 0 Å². The molecule has 0 saturated heterocycles. The third-order valence-electron chi connectivity index (χ3n) is 1.57. The fourth-order valence-corrected chi connectivity index (χ4v) is 1.01. The molecule has 0 unspecified atom stereocenters. The summed E-state index contributed by atoms with van der Waals surface area (Å²) in [6.07, 6.45) is 4.84. The number of hydrogen-bond acceptors (Lipinski definition) is 1. The molecule has 1 aliphatic carbocycles. The molecule has 1 rings (SSSR count). The molecule has 1 heteroatoms. The minimum Gasteiger partial charge on any atom is -0.302 e. The Morgan fingerprint density at radius 3 is 2.78 bits per heavy atom. The summed E-state index contributed by atoms with van der Waals surface area (Å²) in [5, 5.41) is 0. The Balaban J connectivity index is 2.02. The van der Waals surface area contributed by atoms with E-state index in [-0.39, 0.29) is 0 Å². The maximum atomic E-state index is 2.37. The van der Waals surface area contributed by atoms with Crippen LogP contribution in [0.15, 0.2) is 11.6 Å². The van der Waals surface area contributed by atoms with Crippen molar-refractivity contribution >= 4 is 0 Å². The van der Waals surface area contributed by atoms with Crippen molar-refractivity contribution in [2.45, 2.75) is 19.8 Å². The number of rotatable bonds is 4. The minimum absolute atomic E-state index is 1.20. The summed E-state index contributed by atoms with van der Waals surface area (Å²) in [5.74, 6) is 0. The maximum absolute atomic E-state index is 2.37. The Morgan fingerprint density at radius 2 is 2.33 bits per heavy atom. The lowest BCUT2D eigenvalue weighted by atomic mass is 10.4. The molecule has 0 aliphatic heterocycles. The first-order valence-electron chi connectivity index (χ1n) is 3.69. The van der Waals surface area contributed by atoms with Crippen LogP contribution >= 0.6 is 0 Å². The molecule has 0 saturated carbocycles. The van der Waals surface area contributed by atoms with Crippen molar-refractivity contribution in [2.75, 3.05) is 20.1 Å². The van der Waals surface area contributed by atoms with Crippen LogP contribution in [0.3, 0.4) is 0 Å². The van der Waals surface area contributed by atoms with Gasteiger partial charge in [0.15, 0.2) is 0 Å². The van der Waals surface area contributed by atoms with Gasteiger partial charge < -0.3 is 4.90 Å². The number of likely N-dealkylation sites (N-methyl/N-ethyl adjacent to an activating group) is 1.